The molecule has 0 radical (unpaired) electrons. The van der Waals surface area contributed by atoms with E-state index in [1.165, 1.54) is 0 Å². The van der Waals surface area contributed by atoms with Crippen LogP contribution >= 0.6 is 0 Å². The highest BCUT2D eigenvalue weighted by Gasteiger charge is 2.38. The number of halogens is 3. The Kier molecular flexibility index (Phi) is 9.13. The van der Waals surface area contributed by atoms with Crippen molar-refractivity contribution in [3.8, 4) is 0 Å². The van der Waals surface area contributed by atoms with Crippen LogP contribution in [0.5, 0.6) is 0 Å². The van der Waals surface area contributed by atoms with Crippen molar-refractivity contribution in [3.63, 3.8) is 0 Å². The number of carboxylic acids is 1. The first-order chi connectivity index (χ1) is 11.4. The quantitative estimate of drug-likeness (QED) is 0.721. The number of carbonyl (C=O) groups is 2. The Hall–Kier alpha value is -2.14. The highest BCUT2D eigenvalue weighted by atomic mass is 32.2. The summed E-state index contributed by atoms with van der Waals surface area (Å²) in [5.74, 6) is -3.63. The number of primary sulfonamides is 1. The average molecular weight is 385 g/mol. The zero-order chi connectivity index (χ0) is 19.7. The summed E-state index contributed by atoms with van der Waals surface area (Å²) in [4.78, 5) is 20.7. The number of hydrogen-bond donors (Lipinski definition) is 2. The Morgan fingerprint density at radius 1 is 1.24 bits per heavy atom. The molecule has 0 saturated carbocycles. The van der Waals surface area contributed by atoms with Crippen molar-refractivity contribution >= 4 is 22.0 Å². The van der Waals surface area contributed by atoms with E-state index in [4.69, 9.17) is 19.8 Å². The van der Waals surface area contributed by atoms with E-state index in [9.17, 15) is 26.4 Å². The summed E-state index contributed by atoms with van der Waals surface area (Å²) in [6.07, 6.45) is -4.60. The van der Waals surface area contributed by atoms with Crippen molar-refractivity contribution in [2.45, 2.75) is 32.0 Å². The molecule has 7 nitrogen and oxygen atoms in total. The number of carboxylic acid groups (broad SMARTS) is 1. The fraction of sp³-hybridized carbons (Fsp3) is 0.429. The van der Waals surface area contributed by atoms with E-state index in [1.807, 2.05) is 6.92 Å². The molecule has 0 aliphatic rings. The molecule has 1 aromatic rings. The lowest BCUT2D eigenvalue weighted by molar-refractivity contribution is -0.192. The van der Waals surface area contributed by atoms with Crippen LogP contribution < -0.4 is 5.14 Å². The van der Waals surface area contributed by atoms with E-state index in [0.29, 0.717) is 18.4 Å². The molecule has 1 atom stereocenters. The first-order valence-corrected chi connectivity index (χ1v) is 8.65. The minimum Gasteiger partial charge on any atom is -0.475 e. The van der Waals surface area contributed by atoms with Gasteiger partial charge in [0, 0.05) is 0 Å². The normalized spacial score (nSPS) is 12.5. The Balaban J connectivity index is 0.000000697. The molecule has 0 spiro atoms. The van der Waals surface area contributed by atoms with E-state index in [-0.39, 0.29) is 5.75 Å². The molecule has 1 aromatic carbocycles. The van der Waals surface area contributed by atoms with E-state index < -0.39 is 34.2 Å². The van der Waals surface area contributed by atoms with Gasteiger partial charge in [-0.2, -0.15) is 13.2 Å². The van der Waals surface area contributed by atoms with Gasteiger partial charge in [-0.25, -0.2) is 23.1 Å². The standard InChI is InChI=1S/C12H17NO4S.C2HF3O2/c1-2-6-11(9-18(13,15)16)17-12(14)10-7-4-3-5-8-10;3-2(4,5)1(6)7/h3-5,7-8,11H,2,6,9H2,1H3,(H2,13,15,16);(H,6,7). The Bertz CT molecular complexity index is 661. The largest absolute Gasteiger partial charge is 0.490 e. The van der Waals surface area contributed by atoms with E-state index in [1.54, 1.807) is 30.3 Å². The predicted octanol–water partition coefficient (Wildman–Crippen LogP) is 1.93. The number of aliphatic carboxylic acids is 1. The van der Waals surface area contributed by atoms with Gasteiger partial charge in [0.2, 0.25) is 10.0 Å². The van der Waals surface area contributed by atoms with Crippen LogP contribution in [0.25, 0.3) is 0 Å². The first-order valence-electron chi connectivity index (χ1n) is 6.93. The molecular weight excluding hydrogens is 367 g/mol. The van der Waals surface area contributed by atoms with Gasteiger partial charge in [0.15, 0.2) is 0 Å². The van der Waals surface area contributed by atoms with Crippen molar-refractivity contribution < 1.29 is 41.0 Å². The SMILES string of the molecule is CCCC(CS(N)(=O)=O)OC(=O)c1ccccc1.O=C(O)C(F)(F)F. The van der Waals surface area contributed by atoms with Crippen LogP contribution in [-0.2, 0) is 19.6 Å². The van der Waals surface area contributed by atoms with Crippen molar-refractivity contribution in [3.05, 3.63) is 35.9 Å². The predicted molar refractivity (Wildman–Crippen MR) is 82.2 cm³/mol. The molecule has 11 heteroatoms. The number of rotatable bonds is 6. The minimum absolute atomic E-state index is 0.348. The second-order valence-corrected chi connectivity index (χ2v) is 6.47. The van der Waals surface area contributed by atoms with Gasteiger partial charge in [-0.15, -0.1) is 0 Å². The van der Waals surface area contributed by atoms with Crippen LogP contribution in [0.1, 0.15) is 30.1 Å². The molecule has 0 aliphatic carbocycles. The van der Waals surface area contributed by atoms with Gasteiger partial charge < -0.3 is 9.84 Å². The lowest BCUT2D eigenvalue weighted by atomic mass is 10.2. The Labute approximate surface area is 142 Å². The number of benzene rings is 1. The Morgan fingerprint density at radius 2 is 1.72 bits per heavy atom. The molecular formula is C14H18F3NO6S. The number of carbonyl (C=O) groups excluding carboxylic acids is 1. The molecule has 0 amide bonds. The molecule has 0 heterocycles. The van der Waals surface area contributed by atoms with E-state index in [2.05, 4.69) is 0 Å². The number of hydrogen-bond acceptors (Lipinski definition) is 5. The second-order valence-electron chi connectivity index (χ2n) is 4.81. The third-order valence-corrected chi connectivity index (χ3v) is 3.39. The highest BCUT2D eigenvalue weighted by Crippen LogP contribution is 2.13. The lowest BCUT2D eigenvalue weighted by Gasteiger charge is -2.16. The summed E-state index contributed by atoms with van der Waals surface area (Å²) in [5, 5.41) is 12.1. The molecule has 3 N–H and O–H groups in total. The molecule has 1 rings (SSSR count). The van der Waals surface area contributed by atoms with Gasteiger partial charge in [-0.3, -0.25) is 0 Å². The summed E-state index contributed by atoms with van der Waals surface area (Å²) in [5.41, 5.74) is 0.396. The molecule has 0 bridgehead atoms. The summed E-state index contributed by atoms with van der Waals surface area (Å²) in [6, 6.07) is 8.44. The molecule has 25 heavy (non-hydrogen) atoms. The van der Waals surface area contributed by atoms with Crippen molar-refractivity contribution in [2.24, 2.45) is 5.14 Å². The Morgan fingerprint density at radius 3 is 2.08 bits per heavy atom. The van der Waals surface area contributed by atoms with Gasteiger partial charge in [0.1, 0.15) is 11.9 Å². The van der Waals surface area contributed by atoms with Gasteiger partial charge in [-0.1, -0.05) is 31.5 Å². The van der Waals surface area contributed by atoms with Gasteiger partial charge in [0.05, 0.1) is 5.56 Å². The van der Waals surface area contributed by atoms with Crippen molar-refractivity contribution in [1.82, 2.24) is 0 Å². The zero-order valence-electron chi connectivity index (χ0n) is 13.2. The lowest BCUT2D eigenvalue weighted by Crippen LogP contribution is -2.30. The molecule has 0 aromatic heterocycles. The van der Waals surface area contributed by atoms with E-state index in [0.717, 1.165) is 0 Å². The van der Waals surface area contributed by atoms with Crippen LogP contribution in [0.2, 0.25) is 0 Å². The van der Waals surface area contributed by atoms with Crippen LogP contribution in [0.4, 0.5) is 13.2 Å². The average Bonchev–Trinajstić information content (AvgIpc) is 2.46. The van der Waals surface area contributed by atoms with Crippen LogP contribution in [-0.4, -0.2) is 43.5 Å². The molecule has 0 fully saturated rings. The summed E-state index contributed by atoms with van der Waals surface area (Å²) in [6.45, 7) is 1.88. The van der Waals surface area contributed by atoms with Crippen LogP contribution in [0.3, 0.4) is 0 Å². The first kappa shape index (κ1) is 22.9. The zero-order valence-corrected chi connectivity index (χ0v) is 14.0. The number of nitrogens with two attached hydrogens (primary N) is 1. The molecule has 1 unspecified atom stereocenters. The molecule has 142 valence electrons. The topological polar surface area (TPSA) is 124 Å². The van der Waals surface area contributed by atoms with Crippen molar-refractivity contribution in [2.75, 3.05) is 5.75 Å². The molecule has 0 saturated heterocycles. The maximum atomic E-state index is 11.8. The third-order valence-electron chi connectivity index (χ3n) is 2.55. The number of sulfonamides is 1. The minimum atomic E-state index is -5.08. The van der Waals surface area contributed by atoms with Gasteiger partial charge >= 0.3 is 18.1 Å². The maximum absolute atomic E-state index is 11.8. The smallest absolute Gasteiger partial charge is 0.475 e. The maximum Gasteiger partial charge on any atom is 0.490 e. The monoisotopic (exact) mass is 385 g/mol. The summed E-state index contributed by atoms with van der Waals surface area (Å²) >= 11 is 0. The summed E-state index contributed by atoms with van der Waals surface area (Å²) < 4.78 is 58.9. The highest BCUT2D eigenvalue weighted by molar-refractivity contribution is 7.89. The fourth-order valence-corrected chi connectivity index (χ4v) is 2.30. The molecule has 0 aliphatic heterocycles. The van der Waals surface area contributed by atoms with Gasteiger partial charge in [-0.05, 0) is 18.6 Å². The van der Waals surface area contributed by atoms with Crippen LogP contribution in [0.15, 0.2) is 30.3 Å². The number of ether oxygens (including phenoxy) is 1. The third kappa shape index (κ3) is 11.1. The van der Waals surface area contributed by atoms with Gasteiger partial charge in [0.25, 0.3) is 0 Å². The number of alkyl halides is 3. The van der Waals surface area contributed by atoms with Crippen molar-refractivity contribution in [1.29, 1.82) is 0 Å². The van der Waals surface area contributed by atoms with E-state index >= 15 is 0 Å². The summed E-state index contributed by atoms with van der Waals surface area (Å²) in [7, 11) is -3.65. The number of esters is 1. The fourth-order valence-electron chi connectivity index (χ4n) is 1.55. The van der Waals surface area contributed by atoms with Crippen LogP contribution in [0, 0.1) is 0 Å². The second kappa shape index (κ2) is 9.99.